The molecule has 1 aromatic heterocycles. The Kier molecular flexibility index (Phi) is 7.75. The Labute approximate surface area is 233 Å². The minimum Gasteiger partial charge on any atom is -0.488 e. The minimum atomic E-state index is -0.988. The molecule has 0 fully saturated rings. The predicted octanol–water partition coefficient (Wildman–Crippen LogP) is 4.08. The normalized spacial score (nSPS) is 14.8. The van der Waals surface area contributed by atoms with Gasteiger partial charge in [-0.2, -0.15) is 0 Å². The van der Waals surface area contributed by atoms with Gasteiger partial charge in [-0.1, -0.05) is 72.0 Å². The Morgan fingerprint density at radius 3 is 2.42 bits per heavy atom. The Bertz CT molecular complexity index is 1790. The van der Waals surface area contributed by atoms with E-state index in [1.54, 1.807) is 36.6 Å². The van der Waals surface area contributed by atoms with Gasteiger partial charge in [0.05, 0.1) is 34.0 Å². The van der Waals surface area contributed by atoms with Crippen molar-refractivity contribution in [1.82, 2.24) is 4.57 Å². The number of fused-ring (bicyclic) bond motifs is 1. The quantitative estimate of drug-likeness (QED) is 0.329. The number of aromatic carboxylic acids is 1. The van der Waals surface area contributed by atoms with Crippen LogP contribution in [-0.2, 0) is 16.1 Å². The average Bonchev–Trinajstić information content (AvgIpc) is 3.26. The van der Waals surface area contributed by atoms with E-state index in [0.717, 1.165) is 11.1 Å². The molecule has 0 spiro atoms. The Morgan fingerprint density at radius 2 is 1.73 bits per heavy atom. The molecule has 9 heteroatoms. The van der Waals surface area contributed by atoms with Gasteiger partial charge in [-0.25, -0.2) is 14.6 Å². The van der Waals surface area contributed by atoms with E-state index in [2.05, 4.69) is 4.99 Å². The van der Waals surface area contributed by atoms with Crippen LogP contribution in [0.15, 0.2) is 99.9 Å². The number of allylic oxidation sites excluding steroid dienone is 1. The molecule has 1 aliphatic rings. The number of nitrogens with zero attached hydrogens (tertiary/aromatic N) is 2. The van der Waals surface area contributed by atoms with Gasteiger partial charge in [0.15, 0.2) is 4.80 Å². The summed E-state index contributed by atoms with van der Waals surface area (Å²) in [5.74, 6) is -0.918. The van der Waals surface area contributed by atoms with Crippen molar-refractivity contribution in [3.8, 4) is 5.75 Å². The number of carbonyl (C=O) groups is 2. The fourth-order valence-electron chi connectivity index (χ4n) is 4.52. The lowest BCUT2D eigenvalue weighted by Crippen LogP contribution is -2.39. The second-order valence-electron chi connectivity index (χ2n) is 9.04. The van der Waals surface area contributed by atoms with E-state index in [0.29, 0.717) is 31.9 Å². The highest BCUT2D eigenvalue weighted by molar-refractivity contribution is 7.07. The summed E-state index contributed by atoms with van der Waals surface area (Å²) in [6, 6.07) is 22.5. The Hall–Kier alpha value is -4.76. The molecular weight excluding hydrogens is 528 g/mol. The summed E-state index contributed by atoms with van der Waals surface area (Å²) in [7, 11) is 0. The summed E-state index contributed by atoms with van der Waals surface area (Å²) < 4.78 is 13.4. The summed E-state index contributed by atoms with van der Waals surface area (Å²) >= 11 is 1.24. The first-order chi connectivity index (χ1) is 19.4. The maximum absolute atomic E-state index is 13.8. The Balaban J connectivity index is 1.54. The summed E-state index contributed by atoms with van der Waals surface area (Å²) in [4.78, 5) is 43.0. The third kappa shape index (κ3) is 5.37. The van der Waals surface area contributed by atoms with Crippen molar-refractivity contribution in [2.75, 3.05) is 6.61 Å². The predicted molar refractivity (Wildman–Crippen MR) is 151 cm³/mol. The van der Waals surface area contributed by atoms with Gasteiger partial charge in [-0.3, -0.25) is 9.36 Å². The van der Waals surface area contributed by atoms with Gasteiger partial charge >= 0.3 is 11.9 Å². The number of benzene rings is 3. The Morgan fingerprint density at radius 1 is 1.02 bits per heavy atom. The second-order valence-corrected chi connectivity index (χ2v) is 10.1. The molecule has 1 aliphatic heterocycles. The van der Waals surface area contributed by atoms with Crippen molar-refractivity contribution < 1.29 is 24.2 Å². The van der Waals surface area contributed by atoms with E-state index in [4.69, 9.17) is 14.6 Å². The number of hydrogen-bond donors (Lipinski definition) is 1. The van der Waals surface area contributed by atoms with Crippen LogP contribution in [-0.4, -0.2) is 28.2 Å². The number of para-hydroxylation sites is 1. The van der Waals surface area contributed by atoms with E-state index < -0.39 is 18.0 Å². The highest BCUT2D eigenvalue weighted by Crippen LogP contribution is 2.30. The first kappa shape index (κ1) is 26.8. The van der Waals surface area contributed by atoms with E-state index >= 15 is 0 Å². The van der Waals surface area contributed by atoms with Gasteiger partial charge < -0.3 is 14.6 Å². The van der Waals surface area contributed by atoms with Crippen molar-refractivity contribution in [3.05, 3.63) is 132 Å². The van der Waals surface area contributed by atoms with Crippen LogP contribution in [0, 0.1) is 0 Å². The van der Waals surface area contributed by atoms with Gasteiger partial charge in [-0.05, 0) is 49.2 Å². The van der Waals surface area contributed by atoms with Crippen molar-refractivity contribution in [3.63, 3.8) is 0 Å². The molecule has 1 atom stereocenters. The number of ether oxygens (including phenoxy) is 2. The van der Waals surface area contributed by atoms with E-state index in [9.17, 15) is 14.4 Å². The number of carboxylic acid groups (broad SMARTS) is 1. The molecule has 0 saturated carbocycles. The average molecular weight is 555 g/mol. The van der Waals surface area contributed by atoms with Crippen LogP contribution in [0.25, 0.3) is 6.08 Å². The van der Waals surface area contributed by atoms with Gasteiger partial charge in [0.2, 0.25) is 0 Å². The lowest BCUT2D eigenvalue weighted by molar-refractivity contribution is -0.139. The third-order valence-corrected chi connectivity index (χ3v) is 7.42. The molecule has 0 saturated heterocycles. The van der Waals surface area contributed by atoms with Crippen molar-refractivity contribution >= 4 is 29.4 Å². The SMILES string of the molecule is CCOC(=O)C1=C(C)N=c2s/c(=C\c3ccccc3OCc3ccc(C(=O)O)cc3)c(=O)n2[C@@H]1c1ccccc1. The molecule has 3 aromatic carbocycles. The van der Waals surface area contributed by atoms with Gasteiger partial charge in [-0.15, -0.1) is 0 Å². The minimum absolute atomic E-state index is 0.203. The van der Waals surface area contributed by atoms with Crippen LogP contribution >= 0.6 is 11.3 Å². The fraction of sp³-hybridized carbons (Fsp3) is 0.161. The maximum Gasteiger partial charge on any atom is 0.338 e. The van der Waals surface area contributed by atoms with Crippen LogP contribution in [0.5, 0.6) is 5.75 Å². The fourth-order valence-corrected chi connectivity index (χ4v) is 5.56. The second kappa shape index (κ2) is 11.5. The number of aromatic nitrogens is 1. The van der Waals surface area contributed by atoms with Gasteiger partial charge in [0.1, 0.15) is 12.4 Å². The summed E-state index contributed by atoms with van der Waals surface area (Å²) in [6.07, 6.45) is 1.76. The molecule has 0 unspecified atom stereocenters. The topological polar surface area (TPSA) is 107 Å². The molecule has 5 rings (SSSR count). The van der Waals surface area contributed by atoms with E-state index in [1.165, 1.54) is 23.5 Å². The summed E-state index contributed by atoms with van der Waals surface area (Å²) in [5, 5.41) is 9.11. The van der Waals surface area contributed by atoms with Crippen molar-refractivity contribution in [2.24, 2.45) is 4.99 Å². The summed E-state index contributed by atoms with van der Waals surface area (Å²) in [6.45, 7) is 3.93. The smallest absolute Gasteiger partial charge is 0.338 e. The van der Waals surface area contributed by atoms with Crippen LogP contribution < -0.4 is 19.6 Å². The van der Waals surface area contributed by atoms with Crippen LogP contribution in [0.1, 0.15) is 46.9 Å². The van der Waals surface area contributed by atoms with Gasteiger partial charge in [0, 0.05) is 5.56 Å². The molecule has 1 N–H and O–H groups in total. The highest BCUT2D eigenvalue weighted by atomic mass is 32.1. The monoisotopic (exact) mass is 554 g/mol. The largest absolute Gasteiger partial charge is 0.488 e. The molecular formula is C31H26N2O6S. The molecule has 0 radical (unpaired) electrons. The van der Waals surface area contributed by atoms with Crippen LogP contribution in [0.3, 0.4) is 0 Å². The third-order valence-electron chi connectivity index (χ3n) is 6.43. The number of carboxylic acids is 1. The number of carbonyl (C=O) groups excluding carboxylic acids is 1. The maximum atomic E-state index is 13.8. The molecule has 4 aromatic rings. The standard InChI is InChI=1S/C31H26N2O6S/c1-3-38-30(37)26-19(2)32-31-33(27(26)21-9-5-4-6-10-21)28(34)25(40-31)17-23-11-7-8-12-24(23)39-18-20-13-15-22(16-14-20)29(35)36/h4-17,27H,3,18H2,1-2H3,(H,35,36)/b25-17-/t27-/m1/s1. The van der Waals surface area contributed by atoms with Crippen LogP contribution in [0.4, 0.5) is 0 Å². The van der Waals surface area contributed by atoms with Gasteiger partial charge in [0.25, 0.3) is 5.56 Å². The zero-order valence-electron chi connectivity index (χ0n) is 21.9. The number of esters is 1. The molecule has 8 nitrogen and oxygen atoms in total. The van der Waals surface area contributed by atoms with Crippen LogP contribution in [0.2, 0.25) is 0 Å². The number of hydrogen-bond acceptors (Lipinski definition) is 7. The summed E-state index contributed by atoms with van der Waals surface area (Å²) in [5.41, 5.74) is 3.07. The molecule has 0 bridgehead atoms. The lowest BCUT2D eigenvalue weighted by Gasteiger charge is -2.24. The first-order valence-corrected chi connectivity index (χ1v) is 13.5. The number of rotatable bonds is 8. The zero-order chi connectivity index (χ0) is 28.2. The first-order valence-electron chi connectivity index (χ1n) is 12.7. The molecule has 40 heavy (non-hydrogen) atoms. The molecule has 2 heterocycles. The molecule has 202 valence electrons. The number of thiazole rings is 1. The zero-order valence-corrected chi connectivity index (χ0v) is 22.7. The van der Waals surface area contributed by atoms with Crippen molar-refractivity contribution in [1.29, 1.82) is 0 Å². The van der Waals surface area contributed by atoms with E-state index in [-0.39, 0.29) is 24.3 Å². The van der Waals surface area contributed by atoms with E-state index in [1.807, 2.05) is 54.6 Å². The highest BCUT2D eigenvalue weighted by Gasteiger charge is 2.33. The molecule has 0 aliphatic carbocycles. The molecule has 0 amide bonds. The lowest BCUT2D eigenvalue weighted by atomic mass is 9.96. The van der Waals surface area contributed by atoms with Crippen molar-refractivity contribution in [2.45, 2.75) is 26.5 Å².